The summed E-state index contributed by atoms with van der Waals surface area (Å²) in [6.07, 6.45) is 17.8. The highest BCUT2D eigenvalue weighted by molar-refractivity contribution is 7.46. The zero-order valence-electron chi connectivity index (χ0n) is 17.6. The Hall–Kier alpha value is -0.230. The van der Waals surface area contributed by atoms with Crippen molar-refractivity contribution in [1.82, 2.24) is 4.90 Å². The lowest BCUT2D eigenvalue weighted by atomic mass is 10.0. The summed E-state index contributed by atoms with van der Waals surface area (Å²) in [5.41, 5.74) is 0. The molecule has 0 aliphatic carbocycles. The quantitative estimate of drug-likeness (QED) is 0.174. The van der Waals surface area contributed by atoms with Crippen LogP contribution in [-0.4, -0.2) is 52.6 Å². The summed E-state index contributed by atoms with van der Waals surface area (Å²) in [6, 6.07) is -0.494. The number of hydrogen-bond acceptors (Lipinski definition) is 4. The fourth-order valence-corrected chi connectivity index (χ4v) is 3.64. The van der Waals surface area contributed by atoms with Gasteiger partial charge in [0.05, 0.1) is 12.6 Å². The summed E-state index contributed by atoms with van der Waals surface area (Å²) in [5, 5.41) is 9.46. The second-order valence-electron chi connectivity index (χ2n) is 7.53. The Bertz CT molecular complexity index is 411. The first-order chi connectivity index (χ1) is 12.8. The highest BCUT2D eigenvalue weighted by atomic mass is 31.2. The Morgan fingerprint density at radius 1 is 0.926 bits per heavy atom. The number of hydrogen-bond donors (Lipinski definition) is 3. The number of phosphoric ester groups is 1. The molecule has 0 bridgehead atoms. The number of allylic oxidation sites excluding steroid dienone is 1. The van der Waals surface area contributed by atoms with Crippen LogP contribution in [0.3, 0.4) is 0 Å². The predicted molar refractivity (Wildman–Crippen MR) is 112 cm³/mol. The van der Waals surface area contributed by atoms with Crippen LogP contribution in [0.4, 0.5) is 0 Å². The van der Waals surface area contributed by atoms with Crippen LogP contribution in [0.1, 0.15) is 84.0 Å². The minimum atomic E-state index is -4.60. The van der Waals surface area contributed by atoms with Crippen molar-refractivity contribution in [2.45, 2.75) is 96.1 Å². The minimum absolute atomic E-state index is 0.236. The molecule has 0 rings (SSSR count). The van der Waals surface area contributed by atoms with Crippen molar-refractivity contribution in [1.29, 1.82) is 0 Å². The molecule has 0 aromatic rings. The lowest BCUT2D eigenvalue weighted by molar-refractivity contribution is 0.0602. The van der Waals surface area contributed by atoms with Crippen LogP contribution in [0.2, 0.25) is 0 Å². The number of nitrogens with zero attached hydrogens (tertiary/aromatic N) is 1. The molecule has 0 aliphatic rings. The van der Waals surface area contributed by atoms with Crippen LogP contribution in [0, 0.1) is 0 Å². The lowest BCUT2D eigenvalue weighted by Crippen LogP contribution is -2.42. The highest BCUT2D eigenvalue weighted by Crippen LogP contribution is 2.39. The number of likely N-dealkylation sites (N-methyl/N-ethyl adjacent to an activating group) is 1. The number of unbranched alkanes of at least 4 members (excludes halogenated alkanes) is 11. The molecular weight excluding hydrogens is 365 g/mol. The van der Waals surface area contributed by atoms with Crippen molar-refractivity contribution in [3.05, 3.63) is 12.2 Å². The van der Waals surface area contributed by atoms with E-state index in [0.29, 0.717) is 0 Å². The molecular formula is C20H42NO5P. The zero-order valence-corrected chi connectivity index (χ0v) is 18.4. The van der Waals surface area contributed by atoms with Crippen LogP contribution in [-0.2, 0) is 9.09 Å². The second kappa shape index (κ2) is 16.7. The van der Waals surface area contributed by atoms with Gasteiger partial charge in [0.1, 0.15) is 6.10 Å². The molecule has 0 fully saturated rings. The maximum Gasteiger partial charge on any atom is 0.470 e. The van der Waals surface area contributed by atoms with Crippen LogP contribution in [0.25, 0.3) is 0 Å². The van der Waals surface area contributed by atoms with Crippen LogP contribution < -0.4 is 0 Å². The van der Waals surface area contributed by atoms with Gasteiger partial charge in [-0.1, -0.05) is 83.3 Å². The molecule has 0 saturated heterocycles. The van der Waals surface area contributed by atoms with E-state index in [1.54, 1.807) is 25.1 Å². The van der Waals surface area contributed by atoms with E-state index < -0.39 is 20.0 Å². The standard InChI is InChI=1S/C20H42NO5P/c1-4-5-6-7-8-9-10-11-12-13-14-15-16-17-20(26-27(23,24)25)19(18-22)21(2)3/h16-17,19-20,22H,4-15,18H2,1-3H3,(H2,23,24,25)/b17-16+. The fraction of sp³-hybridized carbons (Fsp3) is 0.900. The summed E-state index contributed by atoms with van der Waals surface area (Å²) in [6.45, 7) is 2.01. The van der Waals surface area contributed by atoms with E-state index in [2.05, 4.69) is 6.92 Å². The van der Waals surface area contributed by atoms with E-state index in [4.69, 9.17) is 14.3 Å². The van der Waals surface area contributed by atoms with Gasteiger partial charge in [0.2, 0.25) is 0 Å². The van der Waals surface area contributed by atoms with E-state index in [-0.39, 0.29) is 6.61 Å². The van der Waals surface area contributed by atoms with Crippen molar-refractivity contribution in [3.63, 3.8) is 0 Å². The topological polar surface area (TPSA) is 90.2 Å². The Labute approximate surface area is 166 Å². The summed E-state index contributed by atoms with van der Waals surface area (Å²) < 4.78 is 16.0. The van der Waals surface area contributed by atoms with Gasteiger partial charge in [-0.25, -0.2) is 4.57 Å². The van der Waals surface area contributed by atoms with Crippen molar-refractivity contribution >= 4 is 7.82 Å². The third-order valence-corrected chi connectivity index (χ3v) is 5.31. The average molecular weight is 408 g/mol. The van der Waals surface area contributed by atoms with Gasteiger partial charge < -0.3 is 19.8 Å². The molecule has 2 unspecified atom stereocenters. The molecule has 0 aromatic carbocycles. The summed E-state index contributed by atoms with van der Waals surface area (Å²) in [5.74, 6) is 0. The number of phosphoric acid groups is 1. The van der Waals surface area contributed by atoms with Crippen LogP contribution in [0.5, 0.6) is 0 Å². The first-order valence-electron chi connectivity index (χ1n) is 10.5. The van der Waals surface area contributed by atoms with E-state index >= 15 is 0 Å². The number of aliphatic hydroxyl groups excluding tert-OH is 1. The molecule has 0 aliphatic heterocycles. The fourth-order valence-electron chi connectivity index (χ4n) is 3.11. The Balaban J connectivity index is 3.93. The van der Waals surface area contributed by atoms with Gasteiger partial charge in [-0.3, -0.25) is 4.52 Å². The zero-order chi connectivity index (χ0) is 20.5. The average Bonchev–Trinajstić information content (AvgIpc) is 2.57. The molecule has 0 heterocycles. The van der Waals surface area contributed by atoms with Crippen LogP contribution in [0.15, 0.2) is 12.2 Å². The van der Waals surface area contributed by atoms with Gasteiger partial charge in [0.15, 0.2) is 0 Å². The van der Waals surface area contributed by atoms with Crippen LogP contribution >= 0.6 is 7.82 Å². The molecule has 0 saturated carbocycles. The van der Waals surface area contributed by atoms with E-state index in [1.165, 1.54) is 64.2 Å². The molecule has 3 N–H and O–H groups in total. The predicted octanol–water partition coefficient (Wildman–Crippen LogP) is 4.64. The van der Waals surface area contributed by atoms with Gasteiger partial charge in [0.25, 0.3) is 0 Å². The monoisotopic (exact) mass is 407 g/mol. The smallest absolute Gasteiger partial charge is 0.395 e. The van der Waals surface area contributed by atoms with Gasteiger partial charge in [-0.05, 0) is 26.9 Å². The molecule has 0 radical (unpaired) electrons. The largest absolute Gasteiger partial charge is 0.470 e. The normalized spacial score (nSPS) is 14.9. The van der Waals surface area contributed by atoms with Crippen molar-refractivity contribution < 1.29 is 24.0 Å². The van der Waals surface area contributed by atoms with Gasteiger partial charge >= 0.3 is 7.82 Å². The maximum atomic E-state index is 11.2. The third-order valence-electron chi connectivity index (χ3n) is 4.79. The van der Waals surface area contributed by atoms with Gasteiger partial charge in [-0.15, -0.1) is 0 Å². The number of aliphatic hydroxyl groups is 1. The Kier molecular flexibility index (Phi) is 16.6. The first-order valence-corrected chi connectivity index (χ1v) is 12.0. The summed E-state index contributed by atoms with van der Waals surface area (Å²) >= 11 is 0. The van der Waals surface area contributed by atoms with E-state index in [1.807, 2.05) is 6.08 Å². The molecule has 0 amide bonds. The summed E-state index contributed by atoms with van der Waals surface area (Å²) in [7, 11) is -1.11. The van der Waals surface area contributed by atoms with Crippen molar-refractivity contribution in [2.75, 3.05) is 20.7 Å². The maximum absolute atomic E-state index is 11.2. The highest BCUT2D eigenvalue weighted by Gasteiger charge is 2.28. The molecule has 6 nitrogen and oxygen atoms in total. The van der Waals surface area contributed by atoms with E-state index in [9.17, 15) is 9.67 Å². The second-order valence-corrected chi connectivity index (χ2v) is 8.72. The molecule has 0 spiro atoms. The molecule has 27 heavy (non-hydrogen) atoms. The van der Waals surface area contributed by atoms with Gasteiger partial charge in [-0.2, -0.15) is 0 Å². The minimum Gasteiger partial charge on any atom is -0.395 e. The van der Waals surface area contributed by atoms with Crippen molar-refractivity contribution in [2.24, 2.45) is 0 Å². The lowest BCUT2D eigenvalue weighted by Gasteiger charge is -2.28. The third kappa shape index (κ3) is 16.4. The number of rotatable bonds is 18. The molecule has 2 atom stereocenters. The first kappa shape index (κ1) is 26.8. The molecule has 162 valence electrons. The van der Waals surface area contributed by atoms with Gasteiger partial charge in [0, 0.05) is 0 Å². The molecule has 7 heteroatoms. The summed E-state index contributed by atoms with van der Waals surface area (Å²) in [4.78, 5) is 19.8. The molecule has 0 aromatic heterocycles. The van der Waals surface area contributed by atoms with E-state index in [0.717, 1.165) is 12.8 Å². The Morgan fingerprint density at radius 3 is 1.81 bits per heavy atom. The van der Waals surface area contributed by atoms with Crippen molar-refractivity contribution in [3.8, 4) is 0 Å². The Morgan fingerprint density at radius 2 is 1.41 bits per heavy atom. The SMILES string of the molecule is CCCCCCCCCCCCC/C=C/C(OP(=O)(O)O)C(CO)N(C)C.